The van der Waals surface area contributed by atoms with Crippen molar-refractivity contribution in [1.82, 2.24) is 20.1 Å². The summed E-state index contributed by atoms with van der Waals surface area (Å²) < 4.78 is 1.95. The van der Waals surface area contributed by atoms with E-state index >= 15 is 0 Å². The maximum Gasteiger partial charge on any atom is 0.190 e. The Bertz CT molecular complexity index is 398. The average molecular weight is 284 g/mol. The van der Waals surface area contributed by atoms with Crippen LogP contribution in [-0.2, 0) is 7.05 Å². The molecule has 1 aromatic heterocycles. The van der Waals surface area contributed by atoms with Crippen LogP contribution < -0.4 is 5.32 Å². The first-order valence-electron chi connectivity index (χ1n) is 7.04. The van der Waals surface area contributed by atoms with Crippen LogP contribution in [0.2, 0.25) is 0 Å². The molecule has 2 N–H and O–H groups in total. The maximum atomic E-state index is 9.75. The van der Waals surface area contributed by atoms with Gasteiger partial charge in [-0.25, -0.2) is 0 Å². The van der Waals surface area contributed by atoms with Crippen LogP contribution in [0.5, 0.6) is 0 Å². The third kappa shape index (κ3) is 3.30. The molecule has 1 fully saturated rings. The van der Waals surface area contributed by atoms with Crippen LogP contribution in [0.4, 0.5) is 0 Å². The molecule has 2 atom stereocenters. The van der Waals surface area contributed by atoms with Crippen molar-refractivity contribution in [1.29, 1.82) is 0 Å². The first-order chi connectivity index (χ1) is 9.22. The molecule has 0 amide bonds. The lowest BCUT2D eigenvalue weighted by Gasteiger charge is -2.34. The summed E-state index contributed by atoms with van der Waals surface area (Å²) in [5, 5.41) is 22.2. The molecule has 1 saturated carbocycles. The van der Waals surface area contributed by atoms with Gasteiger partial charge in [0.15, 0.2) is 5.16 Å². The highest BCUT2D eigenvalue weighted by atomic mass is 32.2. The molecular weight excluding hydrogens is 260 g/mol. The molecule has 0 aromatic carbocycles. The lowest BCUT2D eigenvalue weighted by atomic mass is 9.86. The summed E-state index contributed by atoms with van der Waals surface area (Å²) in [6.45, 7) is 3.29. The van der Waals surface area contributed by atoms with E-state index < -0.39 is 0 Å². The third-order valence-electron chi connectivity index (χ3n) is 4.14. The average Bonchev–Trinajstić information content (AvgIpc) is 2.99. The first-order valence-corrected chi connectivity index (χ1v) is 8.03. The van der Waals surface area contributed by atoms with Gasteiger partial charge >= 0.3 is 0 Å². The van der Waals surface area contributed by atoms with Crippen molar-refractivity contribution in [3.05, 3.63) is 6.33 Å². The lowest BCUT2D eigenvalue weighted by molar-refractivity contribution is 0.124. The Kier molecular flexibility index (Phi) is 5.24. The normalized spacial score (nSPS) is 27.0. The Morgan fingerprint density at radius 2 is 2.47 bits per heavy atom. The fourth-order valence-corrected chi connectivity index (χ4v) is 4.05. The van der Waals surface area contributed by atoms with Gasteiger partial charge in [-0.15, -0.1) is 10.2 Å². The second-order valence-electron chi connectivity index (χ2n) is 5.30. The number of nitrogens with zero attached hydrogens (tertiary/aromatic N) is 3. The molecule has 1 aromatic rings. The van der Waals surface area contributed by atoms with Crippen LogP contribution in [-0.4, -0.2) is 44.3 Å². The second-order valence-corrected chi connectivity index (χ2v) is 6.36. The van der Waals surface area contributed by atoms with Gasteiger partial charge in [0, 0.05) is 18.3 Å². The van der Waals surface area contributed by atoms with Crippen LogP contribution in [0.15, 0.2) is 11.5 Å². The number of hydrogen-bond donors (Lipinski definition) is 2. The standard InChI is InChI=1S/C13H24N4OS/c1-3-14-13(9-18)7-4-5-11(13)6-8-19-12-16-15-10-17(12)2/h10-11,14,18H,3-9H2,1-2H3. The Labute approximate surface area is 119 Å². The molecule has 6 heteroatoms. The molecule has 19 heavy (non-hydrogen) atoms. The largest absolute Gasteiger partial charge is 0.394 e. The minimum atomic E-state index is -0.0464. The van der Waals surface area contributed by atoms with Crippen LogP contribution >= 0.6 is 11.8 Å². The Balaban J connectivity index is 1.86. The predicted octanol–water partition coefficient (Wildman–Crippen LogP) is 1.44. The quantitative estimate of drug-likeness (QED) is 0.742. The molecule has 0 bridgehead atoms. The van der Waals surface area contributed by atoms with Crippen LogP contribution in [0.3, 0.4) is 0 Å². The zero-order chi connectivity index (χ0) is 13.7. The van der Waals surface area contributed by atoms with Gasteiger partial charge in [0.1, 0.15) is 6.33 Å². The summed E-state index contributed by atoms with van der Waals surface area (Å²) >= 11 is 1.75. The van der Waals surface area contributed by atoms with E-state index in [4.69, 9.17) is 0 Å². The molecule has 0 saturated heterocycles. The smallest absolute Gasteiger partial charge is 0.190 e. The van der Waals surface area contributed by atoms with E-state index in [1.165, 1.54) is 12.8 Å². The highest BCUT2D eigenvalue weighted by Gasteiger charge is 2.41. The van der Waals surface area contributed by atoms with E-state index in [1.54, 1.807) is 18.1 Å². The topological polar surface area (TPSA) is 63.0 Å². The number of aryl methyl sites for hydroxylation is 1. The van der Waals surface area contributed by atoms with Crippen LogP contribution in [0, 0.1) is 5.92 Å². The molecule has 0 radical (unpaired) electrons. The van der Waals surface area contributed by atoms with Crippen molar-refractivity contribution < 1.29 is 5.11 Å². The van der Waals surface area contributed by atoms with Crippen molar-refractivity contribution in [3.63, 3.8) is 0 Å². The maximum absolute atomic E-state index is 9.75. The first kappa shape index (κ1) is 14.8. The van der Waals surface area contributed by atoms with Gasteiger partial charge in [-0.1, -0.05) is 25.1 Å². The van der Waals surface area contributed by atoms with Gasteiger partial charge in [-0.3, -0.25) is 0 Å². The van der Waals surface area contributed by atoms with Gasteiger partial charge in [0.05, 0.1) is 6.61 Å². The minimum Gasteiger partial charge on any atom is -0.394 e. The van der Waals surface area contributed by atoms with Gasteiger partial charge in [-0.2, -0.15) is 0 Å². The van der Waals surface area contributed by atoms with Gasteiger partial charge in [0.25, 0.3) is 0 Å². The highest BCUT2D eigenvalue weighted by Crippen LogP contribution is 2.38. The molecule has 108 valence electrons. The predicted molar refractivity (Wildman–Crippen MR) is 77.2 cm³/mol. The minimum absolute atomic E-state index is 0.0464. The number of rotatable bonds is 7. The van der Waals surface area contributed by atoms with Crippen LogP contribution in [0.25, 0.3) is 0 Å². The summed E-state index contributed by atoms with van der Waals surface area (Å²) in [4.78, 5) is 0. The van der Waals surface area contributed by atoms with E-state index in [2.05, 4.69) is 22.4 Å². The van der Waals surface area contributed by atoms with E-state index in [0.717, 1.165) is 30.3 Å². The molecule has 2 unspecified atom stereocenters. The summed E-state index contributed by atoms with van der Waals surface area (Å²) in [7, 11) is 1.97. The van der Waals surface area contributed by atoms with Gasteiger partial charge in [0.2, 0.25) is 0 Å². The van der Waals surface area contributed by atoms with E-state index in [-0.39, 0.29) is 12.1 Å². The van der Waals surface area contributed by atoms with E-state index in [1.807, 2.05) is 11.6 Å². The molecule has 5 nitrogen and oxygen atoms in total. The second kappa shape index (κ2) is 6.72. The summed E-state index contributed by atoms with van der Waals surface area (Å²) in [5.74, 6) is 1.60. The summed E-state index contributed by atoms with van der Waals surface area (Å²) in [6.07, 6.45) is 6.37. The summed E-state index contributed by atoms with van der Waals surface area (Å²) in [6, 6.07) is 0. The number of thioether (sulfide) groups is 1. The molecule has 1 heterocycles. The molecule has 0 spiro atoms. The van der Waals surface area contributed by atoms with Gasteiger partial charge < -0.3 is 15.0 Å². The lowest BCUT2D eigenvalue weighted by Crippen LogP contribution is -2.51. The van der Waals surface area contributed by atoms with Gasteiger partial charge in [-0.05, 0) is 31.7 Å². The number of likely N-dealkylation sites (N-methyl/N-ethyl adjacent to an activating group) is 1. The number of aliphatic hydroxyl groups is 1. The van der Waals surface area contributed by atoms with Crippen LogP contribution in [0.1, 0.15) is 32.6 Å². The molecule has 2 rings (SSSR count). The number of hydrogen-bond acceptors (Lipinski definition) is 5. The van der Waals surface area contributed by atoms with Crippen molar-refractivity contribution in [3.8, 4) is 0 Å². The Morgan fingerprint density at radius 1 is 1.63 bits per heavy atom. The zero-order valence-corrected chi connectivity index (χ0v) is 12.6. The van der Waals surface area contributed by atoms with Crippen molar-refractivity contribution in [2.75, 3.05) is 18.9 Å². The molecule has 1 aliphatic carbocycles. The SMILES string of the molecule is CCNC1(CO)CCCC1CCSc1nncn1C. The zero-order valence-electron chi connectivity index (χ0n) is 11.8. The monoisotopic (exact) mass is 284 g/mol. The van der Waals surface area contributed by atoms with Crippen molar-refractivity contribution >= 4 is 11.8 Å². The Hall–Kier alpha value is -0.590. The number of aromatic nitrogens is 3. The highest BCUT2D eigenvalue weighted by molar-refractivity contribution is 7.99. The van der Waals surface area contributed by atoms with Crippen molar-refractivity contribution in [2.45, 2.75) is 43.3 Å². The fourth-order valence-electron chi connectivity index (χ4n) is 3.11. The third-order valence-corrected chi connectivity index (χ3v) is 5.20. The van der Waals surface area contributed by atoms with E-state index in [0.29, 0.717) is 5.92 Å². The molecule has 1 aliphatic rings. The molecule has 0 aliphatic heterocycles. The fraction of sp³-hybridized carbons (Fsp3) is 0.846. The van der Waals surface area contributed by atoms with Crippen molar-refractivity contribution in [2.24, 2.45) is 13.0 Å². The summed E-state index contributed by atoms with van der Waals surface area (Å²) in [5.41, 5.74) is -0.0464. The number of aliphatic hydroxyl groups excluding tert-OH is 1. The van der Waals surface area contributed by atoms with E-state index in [9.17, 15) is 5.11 Å². The number of nitrogens with one attached hydrogen (secondary N) is 1. The molecular formula is C13H24N4OS. The Morgan fingerprint density at radius 3 is 3.11 bits per heavy atom.